The van der Waals surface area contributed by atoms with Crippen LogP contribution >= 0.6 is 0 Å². The molecule has 2 heterocycles. The van der Waals surface area contributed by atoms with Gasteiger partial charge in [0.2, 0.25) is 0 Å². The standard InChI is InChI=1S/C17H22BN2O/c1-11-7-8-15-17(14(11)4)20(18(5)21-15)16-9-12(2)13(3)10-19(16)6/h7-10H,1-6H3/q+1. The predicted octanol–water partition coefficient (Wildman–Crippen LogP) is 3.39. The number of hydrogen-bond donors (Lipinski definition) is 0. The maximum absolute atomic E-state index is 6.05. The molecule has 1 aliphatic rings. The van der Waals surface area contributed by atoms with Gasteiger partial charge >= 0.3 is 7.05 Å². The minimum Gasteiger partial charge on any atom is -0.519 e. The Morgan fingerprint density at radius 3 is 2.48 bits per heavy atom. The maximum atomic E-state index is 6.05. The number of rotatable bonds is 1. The van der Waals surface area contributed by atoms with E-state index in [1.807, 2.05) is 0 Å². The summed E-state index contributed by atoms with van der Waals surface area (Å²) < 4.78 is 8.23. The zero-order valence-corrected chi connectivity index (χ0v) is 13.7. The lowest BCUT2D eigenvalue weighted by Crippen LogP contribution is -2.43. The Morgan fingerprint density at radius 2 is 1.76 bits per heavy atom. The fourth-order valence-electron chi connectivity index (χ4n) is 3.00. The fourth-order valence-corrected chi connectivity index (χ4v) is 3.00. The van der Waals surface area contributed by atoms with Crippen molar-refractivity contribution in [3.63, 3.8) is 0 Å². The van der Waals surface area contributed by atoms with Gasteiger partial charge in [0.1, 0.15) is 5.75 Å². The first kappa shape index (κ1) is 14.0. The summed E-state index contributed by atoms with van der Waals surface area (Å²) in [6.45, 7) is 10.7. The number of pyridine rings is 1. The van der Waals surface area contributed by atoms with Crippen LogP contribution in [0.1, 0.15) is 22.3 Å². The van der Waals surface area contributed by atoms with Crippen LogP contribution in [-0.2, 0) is 7.05 Å². The second-order valence-electron chi connectivity index (χ2n) is 6.05. The minimum absolute atomic E-state index is 0.00815. The highest BCUT2D eigenvalue weighted by molar-refractivity contribution is 6.59. The Hall–Kier alpha value is -1.97. The third-order valence-electron chi connectivity index (χ3n) is 4.53. The Morgan fingerprint density at radius 1 is 1.05 bits per heavy atom. The second kappa shape index (κ2) is 4.80. The summed E-state index contributed by atoms with van der Waals surface area (Å²) in [6, 6.07) is 6.45. The van der Waals surface area contributed by atoms with E-state index in [0.29, 0.717) is 0 Å². The van der Waals surface area contributed by atoms with Crippen LogP contribution in [0, 0.1) is 27.7 Å². The quantitative estimate of drug-likeness (QED) is 0.588. The number of benzene rings is 1. The lowest BCUT2D eigenvalue weighted by atomic mass is 9.84. The predicted molar refractivity (Wildman–Crippen MR) is 87.4 cm³/mol. The van der Waals surface area contributed by atoms with E-state index in [0.717, 1.165) is 11.6 Å². The van der Waals surface area contributed by atoms with E-state index in [1.165, 1.54) is 27.9 Å². The maximum Gasteiger partial charge on any atom is 0.607 e. The molecule has 0 bridgehead atoms. The molecule has 0 amide bonds. The molecule has 0 saturated heterocycles. The van der Waals surface area contributed by atoms with Gasteiger partial charge in [-0.05, 0) is 50.5 Å². The molecular weight excluding hydrogens is 259 g/mol. The zero-order chi connectivity index (χ0) is 15.3. The average molecular weight is 281 g/mol. The van der Waals surface area contributed by atoms with Gasteiger partial charge in [-0.1, -0.05) is 6.07 Å². The van der Waals surface area contributed by atoms with E-state index in [1.54, 1.807) is 0 Å². The topological polar surface area (TPSA) is 16.4 Å². The molecule has 0 fully saturated rings. The summed E-state index contributed by atoms with van der Waals surface area (Å²) in [5.74, 6) is 2.14. The molecule has 3 nitrogen and oxygen atoms in total. The summed E-state index contributed by atoms with van der Waals surface area (Å²) in [4.78, 5) is 2.30. The molecule has 3 rings (SSSR count). The molecule has 2 aromatic rings. The fraction of sp³-hybridized carbons (Fsp3) is 0.353. The van der Waals surface area contributed by atoms with Crippen LogP contribution in [0.15, 0.2) is 24.4 Å². The summed E-state index contributed by atoms with van der Waals surface area (Å²) in [5.41, 5.74) is 6.38. The monoisotopic (exact) mass is 281 g/mol. The van der Waals surface area contributed by atoms with E-state index < -0.39 is 0 Å². The highest BCUT2D eigenvalue weighted by Crippen LogP contribution is 2.43. The first-order valence-corrected chi connectivity index (χ1v) is 7.43. The van der Waals surface area contributed by atoms with Gasteiger partial charge < -0.3 is 4.65 Å². The molecule has 0 unspecified atom stereocenters. The second-order valence-corrected chi connectivity index (χ2v) is 6.05. The van der Waals surface area contributed by atoms with Crippen LogP contribution in [0.3, 0.4) is 0 Å². The molecule has 0 saturated carbocycles. The van der Waals surface area contributed by atoms with Crippen LogP contribution in [0.2, 0.25) is 6.82 Å². The van der Waals surface area contributed by atoms with Crippen molar-refractivity contribution in [3.8, 4) is 5.75 Å². The first-order chi connectivity index (χ1) is 9.90. The Balaban J connectivity index is 2.22. The van der Waals surface area contributed by atoms with E-state index in [-0.39, 0.29) is 7.05 Å². The van der Waals surface area contributed by atoms with Crippen LogP contribution in [0.5, 0.6) is 5.75 Å². The highest BCUT2D eigenvalue weighted by atomic mass is 16.5. The van der Waals surface area contributed by atoms with Gasteiger partial charge in [0.15, 0.2) is 5.69 Å². The van der Waals surface area contributed by atoms with Crippen molar-refractivity contribution in [2.75, 3.05) is 4.81 Å². The summed E-state index contributed by atoms with van der Waals surface area (Å²) in [6.07, 6.45) is 2.18. The minimum atomic E-state index is 0.00815. The SMILES string of the molecule is CB1Oc2ccc(C)c(C)c2N1c1cc(C)c(C)c[n+]1C. The van der Waals surface area contributed by atoms with Crippen LogP contribution in [0.25, 0.3) is 0 Å². The first-order valence-electron chi connectivity index (χ1n) is 7.43. The third kappa shape index (κ3) is 2.10. The van der Waals surface area contributed by atoms with Gasteiger partial charge in [-0.3, -0.25) is 0 Å². The lowest BCUT2D eigenvalue weighted by molar-refractivity contribution is -0.658. The number of aryl methyl sites for hydroxylation is 4. The molecule has 0 spiro atoms. The number of nitrogens with zero attached hydrogens (tertiary/aromatic N) is 2. The number of fused-ring (bicyclic) bond motifs is 1. The van der Waals surface area contributed by atoms with Crippen molar-refractivity contribution in [2.24, 2.45) is 7.05 Å². The molecule has 0 N–H and O–H groups in total. The Kier molecular flexibility index (Phi) is 3.20. The third-order valence-corrected chi connectivity index (χ3v) is 4.53. The van der Waals surface area contributed by atoms with Crippen molar-refractivity contribution in [1.29, 1.82) is 0 Å². The largest absolute Gasteiger partial charge is 0.607 e. The number of anilines is 2. The van der Waals surface area contributed by atoms with Gasteiger partial charge in [-0.2, -0.15) is 0 Å². The van der Waals surface area contributed by atoms with Crippen LogP contribution in [-0.4, -0.2) is 7.05 Å². The van der Waals surface area contributed by atoms with E-state index in [2.05, 4.69) is 75.3 Å². The molecule has 0 radical (unpaired) electrons. The Labute approximate surface area is 127 Å². The van der Waals surface area contributed by atoms with Crippen molar-refractivity contribution >= 4 is 18.6 Å². The lowest BCUT2D eigenvalue weighted by Gasteiger charge is -2.17. The van der Waals surface area contributed by atoms with Gasteiger partial charge in [0.25, 0.3) is 5.82 Å². The highest BCUT2D eigenvalue weighted by Gasteiger charge is 2.44. The molecular formula is C17H22BN2O+. The average Bonchev–Trinajstić information content (AvgIpc) is 2.75. The molecule has 1 aromatic carbocycles. The molecule has 108 valence electrons. The number of hydrogen-bond acceptors (Lipinski definition) is 2. The van der Waals surface area contributed by atoms with Crippen molar-refractivity contribution in [3.05, 3.63) is 46.6 Å². The van der Waals surface area contributed by atoms with Gasteiger partial charge in [-0.25, -0.2) is 9.38 Å². The molecule has 0 aliphatic carbocycles. The van der Waals surface area contributed by atoms with Crippen LogP contribution in [0.4, 0.5) is 11.5 Å². The summed E-state index contributed by atoms with van der Waals surface area (Å²) >= 11 is 0. The molecule has 4 heteroatoms. The van der Waals surface area contributed by atoms with E-state index in [9.17, 15) is 0 Å². The molecule has 1 aromatic heterocycles. The van der Waals surface area contributed by atoms with Crippen molar-refractivity contribution in [2.45, 2.75) is 34.5 Å². The van der Waals surface area contributed by atoms with Gasteiger partial charge in [-0.15, -0.1) is 0 Å². The smallest absolute Gasteiger partial charge is 0.519 e. The molecule has 0 atom stereocenters. The summed E-state index contributed by atoms with van der Waals surface area (Å²) in [7, 11) is 2.10. The Bertz CT molecular complexity index is 727. The van der Waals surface area contributed by atoms with Crippen molar-refractivity contribution < 1.29 is 9.22 Å². The van der Waals surface area contributed by atoms with Crippen LogP contribution < -0.4 is 14.0 Å². The number of aromatic nitrogens is 1. The normalized spacial score (nSPS) is 13.4. The summed E-state index contributed by atoms with van der Waals surface area (Å²) in [5, 5.41) is 0. The molecule has 1 aliphatic heterocycles. The van der Waals surface area contributed by atoms with Gasteiger partial charge in [0.05, 0.1) is 13.2 Å². The van der Waals surface area contributed by atoms with E-state index in [4.69, 9.17) is 4.65 Å². The zero-order valence-electron chi connectivity index (χ0n) is 13.7. The van der Waals surface area contributed by atoms with E-state index >= 15 is 0 Å². The van der Waals surface area contributed by atoms with Crippen molar-refractivity contribution in [1.82, 2.24) is 0 Å². The van der Waals surface area contributed by atoms with Gasteiger partial charge in [0, 0.05) is 18.5 Å². The molecule has 21 heavy (non-hydrogen) atoms.